The van der Waals surface area contributed by atoms with Crippen LogP contribution in [0.3, 0.4) is 0 Å². The molecule has 2 N–H and O–H groups in total. The van der Waals surface area contributed by atoms with Crippen LogP contribution < -0.4 is 10.6 Å². The zero-order chi connectivity index (χ0) is 18.7. The molecular formula is C18H16FN5O2. The molecule has 0 atom stereocenters. The highest BCUT2D eigenvalue weighted by Gasteiger charge is 2.25. The van der Waals surface area contributed by atoms with Crippen LogP contribution in [0.25, 0.3) is 0 Å². The number of hydrogen-bond donors (Lipinski definition) is 1. The van der Waals surface area contributed by atoms with Gasteiger partial charge in [-0.1, -0.05) is 0 Å². The van der Waals surface area contributed by atoms with Gasteiger partial charge in [0.2, 0.25) is 0 Å². The maximum absolute atomic E-state index is 13.6. The Labute approximate surface area is 149 Å². The normalized spacial score (nSPS) is 14.0. The van der Waals surface area contributed by atoms with Crippen molar-refractivity contribution >= 4 is 17.6 Å². The fourth-order valence-corrected chi connectivity index (χ4v) is 2.92. The minimum atomic E-state index is -0.620. The van der Waals surface area contributed by atoms with Crippen molar-refractivity contribution in [1.29, 1.82) is 5.26 Å². The number of halogens is 1. The number of nitrogens with two attached hydrogens (primary N) is 1. The third-order valence-corrected chi connectivity index (χ3v) is 4.19. The first-order valence-corrected chi connectivity index (χ1v) is 7.99. The summed E-state index contributed by atoms with van der Waals surface area (Å²) in [5.41, 5.74) is 5.96. The van der Waals surface area contributed by atoms with Gasteiger partial charge in [0, 0.05) is 37.9 Å². The number of pyridine rings is 1. The van der Waals surface area contributed by atoms with E-state index in [0.29, 0.717) is 37.6 Å². The number of aromatic nitrogens is 1. The highest BCUT2D eigenvalue weighted by molar-refractivity contribution is 5.98. The van der Waals surface area contributed by atoms with Crippen molar-refractivity contribution in [3.63, 3.8) is 0 Å². The highest BCUT2D eigenvalue weighted by atomic mass is 19.1. The third kappa shape index (κ3) is 3.47. The van der Waals surface area contributed by atoms with Crippen molar-refractivity contribution < 1.29 is 14.0 Å². The monoisotopic (exact) mass is 353 g/mol. The number of nitriles is 1. The fourth-order valence-electron chi connectivity index (χ4n) is 2.92. The first kappa shape index (κ1) is 17.4. The standard InChI is InChI=1S/C18H16FN5O2/c19-14-9-12(11-20)8-13(10-14)18(26)24-6-4-23(5-7-24)17-15(16(21)25)2-1-3-22-17/h1-3,8-10H,4-7H2,(H2,21,25). The van der Waals surface area contributed by atoms with E-state index in [-0.39, 0.29) is 17.0 Å². The van der Waals surface area contributed by atoms with Gasteiger partial charge in [-0.3, -0.25) is 9.59 Å². The number of nitrogens with zero attached hydrogens (tertiary/aromatic N) is 4. The lowest BCUT2D eigenvalue weighted by Gasteiger charge is -2.36. The van der Waals surface area contributed by atoms with Crippen LogP contribution in [0.1, 0.15) is 26.3 Å². The smallest absolute Gasteiger partial charge is 0.254 e. The van der Waals surface area contributed by atoms with Crippen molar-refractivity contribution in [3.8, 4) is 6.07 Å². The lowest BCUT2D eigenvalue weighted by atomic mass is 10.1. The maximum Gasteiger partial charge on any atom is 0.254 e. The molecule has 0 saturated carbocycles. The zero-order valence-electron chi connectivity index (χ0n) is 13.9. The van der Waals surface area contributed by atoms with Gasteiger partial charge >= 0.3 is 0 Å². The molecule has 0 bridgehead atoms. The number of hydrogen-bond acceptors (Lipinski definition) is 5. The third-order valence-electron chi connectivity index (χ3n) is 4.19. The van der Waals surface area contributed by atoms with E-state index in [9.17, 15) is 14.0 Å². The van der Waals surface area contributed by atoms with E-state index in [1.54, 1.807) is 23.2 Å². The number of benzene rings is 1. The van der Waals surface area contributed by atoms with Crippen LogP contribution >= 0.6 is 0 Å². The molecule has 132 valence electrons. The van der Waals surface area contributed by atoms with Gasteiger partial charge in [-0.25, -0.2) is 9.37 Å². The lowest BCUT2D eigenvalue weighted by molar-refractivity contribution is 0.0745. The molecule has 7 nitrogen and oxygen atoms in total. The lowest BCUT2D eigenvalue weighted by Crippen LogP contribution is -2.49. The van der Waals surface area contributed by atoms with Crippen LogP contribution in [0.2, 0.25) is 0 Å². The molecule has 26 heavy (non-hydrogen) atoms. The molecule has 0 unspecified atom stereocenters. The van der Waals surface area contributed by atoms with Gasteiger partial charge in [-0.05, 0) is 30.3 Å². The molecule has 2 heterocycles. The number of anilines is 1. The van der Waals surface area contributed by atoms with Gasteiger partial charge in [0.25, 0.3) is 11.8 Å². The van der Waals surface area contributed by atoms with Crippen LogP contribution in [0, 0.1) is 17.1 Å². The van der Waals surface area contributed by atoms with E-state index in [1.807, 2.05) is 11.0 Å². The van der Waals surface area contributed by atoms with E-state index < -0.39 is 11.7 Å². The second-order valence-corrected chi connectivity index (χ2v) is 5.86. The molecule has 1 fully saturated rings. The van der Waals surface area contributed by atoms with E-state index >= 15 is 0 Å². The molecule has 0 radical (unpaired) electrons. The average Bonchev–Trinajstić information content (AvgIpc) is 2.67. The summed E-state index contributed by atoms with van der Waals surface area (Å²) >= 11 is 0. The molecule has 1 saturated heterocycles. The van der Waals surface area contributed by atoms with Crippen LogP contribution in [-0.2, 0) is 0 Å². The minimum absolute atomic E-state index is 0.103. The summed E-state index contributed by atoms with van der Waals surface area (Å²) in [6.07, 6.45) is 1.58. The van der Waals surface area contributed by atoms with Crippen LogP contribution in [0.5, 0.6) is 0 Å². The maximum atomic E-state index is 13.6. The van der Waals surface area contributed by atoms with Crippen molar-refractivity contribution in [1.82, 2.24) is 9.88 Å². The number of carbonyl (C=O) groups excluding carboxylic acids is 2. The summed E-state index contributed by atoms with van der Waals surface area (Å²) in [4.78, 5) is 31.8. The van der Waals surface area contributed by atoms with E-state index in [4.69, 9.17) is 11.0 Å². The van der Waals surface area contributed by atoms with Crippen molar-refractivity contribution in [3.05, 3.63) is 59.0 Å². The molecule has 1 aliphatic rings. The van der Waals surface area contributed by atoms with E-state index in [1.165, 1.54) is 6.07 Å². The molecule has 1 aromatic carbocycles. The van der Waals surface area contributed by atoms with Gasteiger partial charge in [0.15, 0.2) is 0 Å². The van der Waals surface area contributed by atoms with Crippen molar-refractivity contribution in [2.75, 3.05) is 31.1 Å². The summed E-state index contributed by atoms with van der Waals surface area (Å²) < 4.78 is 13.6. The Kier molecular flexibility index (Phi) is 4.80. The summed E-state index contributed by atoms with van der Waals surface area (Å²) in [6, 6.07) is 8.67. The number of carbonyl (C=O) groups is 2. The number of primary amides is 1. The summed E-state index contributed by atoms with van der Waals surface area (Å²) in [6.45, 7) is 1.69. The average molecular weight is 353 g/mol. The Morgan fingerprint density at radius 1 is 1.19 bits per heavy atom. The minimum Gasteiger partial charge on any atom is -0.365 e. The Hall–Kier alpha value is -3.47. The summed E-state index contributed by atoms with van der Waals surface area (Å²) in [5.74, 6) is -1.03. The Morgan fingerprint density at radius 3 is 2.58 bits per heavy atom. The quantitative estimate of drug-likeness (QED) is 0.892. The molecule has 8 heteroatoms. The molecular weight excluding hydrogens is 337 g/mol. The highest BCUT2D eigenvalue weighted by Crippen LogP contribution is 2.20. The number of rotatable bonds is 3. The first-order valence-electron chi connectivity index (χ1n) is 7.99. The van der Waals surface area contributed by atoms with Gasteiger partial charge < -0.3 is 15.5 Å². The molecule has 1 aromatic heterocycles. The predicted octanol–water partition coefficient (Wildman–Crippen LogP) is 1.15. The first-order chi connectivity index (χ1) is 12.5. The van der Waals surface area contributed by atoms with Crippen LogP contribution in [-0.4, -0.2) is 47.9 Å². The van der Waals surface area contributed by atoms with E-state index in [2.05, 4.69) is 4.98 Å². The SMILES string of the molecule is N#Cc1cc(F)cc(C(=O)N2CCN(c3ncccc3C(N)=O)CC2)c1. The largest absolute Gasteiger partial charge is 0.365 e. The topological polar surface area (TPSA) is 103 Å². The molecule has 2 aromatic rings. The Bertz CT molecular complexity index is 901. The Balaban J connectivity index is 1.73. The summed E-state index contributed by atoms with van der Waals surface area (Å²) in [5, 5.41) is 8.92. The van der Waals surface area contributed by atoms with Gasteiger partial charge in [-0.15, -0.1) is 0 Å². The van der Waals surface area contributed by atoms with Crippen molar-refractivity contribution in [2.24, 2.45) is 5.73 Å². The number of amides is 2. The van der Waals surface area contributed by atoms with Gasteiger partial charge in [0.1, 0.15) is 11.6 Å². The van der Waals surface area contributed by atoms with Gasteiger partial charge in [-0.2, -0.15) is 5.26 Å². The molecule has 3 rings (SSSR count). The van der Waals surface area contributed by atoms with Crippen LogP contribution in [0.15, 0.2) is 36.5 Å². The summed E-state index contributed by atoms with van der Waals surface area (Å²) in [7, 11) is 0. The van der Waals surface area contributed by atoms with Gasteiger partial charge in [0.05, 0.1) is 17.2 Å². The molecule has 2 amide bonds. The predicted molar refractivity (Wildman–Crippen MR) is 92.0 cm³/mol. The molecule has 1 aliphatic heterocycles. The molecule has 0 aliphatic carbocycles. The van der Waals surface area contributed by atoms with Crippen LogP contribution in [0.4, 0.5) is 10.2 Å². The molecule has 0 spiro atoms. The zero-order valence-corrected chi connectivity index (χ0v) is 13.9. The fraction of sp³-hybridized carbons (Fsp3) is 0.222. The Morgan fingerprint density at radius 2 is 1.92 bits per heavy atom. The second-order valence-electron chi connectivity index (χ2n) is 5.86. The van der Waals surface area contributed by atoms with Crippen molar-refractivity contribution in [2.45, 2.75) is 0 Å². The second kappa shape index (κ2) is 7.19. The number of piperazine rings is 1. The van der Waals surface area contributed by atoms with E-state index in [0.717, 1.165) is 12.1 Å².